The van der Waals surface area contributed by atoms with E-state index in [2.05, 4.69) is 197 Å². The highest BCUT2D eigenvalue weighted by Crippen LogP contribution is 2.43. The molecule has 0 radical (unpaired) electrons. The number of benzene rings is 8. The lowest BCUT2D eigenvalue weighted by molar-refractivity contribution is 1.15. The molecule has 0 bridgehead atoms. The van der Waals surface area contributed by atoms with Crippen molar-refractivity contribution in [2.75, 3.05) is 0 Å². The lowest BCUT2D eigenvalue weighted by Crippen LogP contribution is -2.01. The van der Waals surface area contributed by atoms with Gasteiger partial charge in [-0.2, -0.15) is 0 Å². The van der Waals surface area contributed by atoms with Gasteiger partial charge in [0.05, 0.1) is 39.1 Å². The van der Waals surface area contributed by atoms with Crippen molar-refractivity contribution in [3.05, 3.63) is 194 Å². The van der Waals surface area contributed by atoms with Crippen LogP contribution < -0.4 is 0 Å². The van der Waals surface area contributed by atoms with Crippen LogP contribution in [0.25, 0.3) is 99.7 Å². The third-order valence-electron chi connectivity index (χ3n) is 10.7. The fourth-order valence-electron chi connectivity index (χ4n) is 8.30. The first kappa shape index (κ1) is 30.3. The first-order chi connectivity index (χ1) is 26.8. The average Bonchev–Trinajstić information content (AvgIpc) is 3.77. The molecule has 0 aliphatic heterocycles. The normalized spacial score (nSPS) is 11.7. The van der Waals surface area contributed by atoms with Crippen LogP contribution in [0.3, 0.4) is 0 Å². The second kappa shape index (κ2) is 12.1. The smallest absolute Gasteiger partial charge is 0.160 e. The van der Waals surface area contributed by atoms with Crippen LogP contribution in [0.1, 0.15) is 0 Å². The predicted octanol–water partition coefficient (Wildman–Crippen LogP) is 12.8. The van der Waals surface area contributed by atoms with E-state index in [1.807, 2.05) is 6.07 Å². The minimum absolute atomic E-state index is 0.697. The van der Waals surface area contributed by atoms with Gasteiger partial charge in [-0.1, -0.05) is 146 Å². The highest BCUT2D eigenvalue weighted by molar-refractivity contribution is 6.26. The van der Waals surface area contributed by atoms with E-state index in [0.29, 0.717) is 5.82 Å². The average molecular weight is 689 g/mol. The van der Waals surface area contributed by atoms with Crippen LogP contribution in [0.15, 0.2) is 194 Å². The Bertz CT molecular complexity index is 3210. The summed E-state index contributed by atoms with van der Waals surface area (Å²) in [5.41, 5.74) is 11.7. The molecule has 0 saturated heterocycles. The summed E-state index contributed by atoms with van der Waals surface area (Å²) in [4.78, 5) is 10.5. The Labute approximate surface area is 311 Å². The third-order valence-corrected chi connectivity index (χ3v) is 10.7. The van der Waals surface area contributed by atoms with Crippen molar-refractivity contribution >= 4 is 54.4 Å². The molecular weight excluding hydrogens is 657 g/mol. The van der Waals surface area contributed by atoms with Crippen LogP contribution in [-0.2, 0) is 0 Å². The first-order valence-electron chi connectivity index (χ1n) is 18.3. The SMILES string of the molecule is c1ccc(-c2cc(-c3ccccc3-n3c4ccccc4c4c3ccc3c5ccccc5n(-c5ccccc5)c34)nc(-c3ccc4ccccc4c3)n2)cc1. The summed E-state index contributed by atoms with van der Waals surface area (Å²) in [5.74, 6) is 0.697. The third kappa shape index (κ3) is 4.70. The molecule has 0 N–H and O–H groups in total. The van der Waals surface area contributed by atoms with E-state index in [-0.39, 0.29) is 0 Å². The first-order valence-corrected chi connectivity index (χ1v) is 18.3. The maximum atomic E-state index is 5.34. The standard InChI is InChI=1S/C50H32N4/c1-3-16-34(17-4-1)42-32-43(52-50(51-42)36-28-27-33-15-7-8-18-35(33)31-36)40-22-10-13-25-45(40)54-46-26-14-11-23-41(46)48-47(54)30-29-39-38-21-9-12-24-44(38)53(49(39)48)37-19-5-2-6-20-37/h1-32H. The molecule has 0 spiro atoms. The van der Waals surface area contributed by atoms with Crippen molar-refractivity contribution in [3.63, 3.8) is 0 Å². The zero-order valence-corrected chi connectivity index (χ0v) is 29.3. The van der Waals surface area contributed by atoms with Crippen LogP contribution in [0.5, 0.6) is 0 Å². The van der Waals surface area contributed by atoms with E-state index >= 15 is 0 Å². The molecule has 0 unspecified atom stereocenters. The van der Waals surface area contributed by atoms with Gasteiger partial charge in [0, 0.05) is 43.9 Å². The lowest BCUT2D eigenvalue weighted by atomic mass is 10.0. The molecule has 4 nitrogen and oxygen atoms in total. The molecule has 0 aliphatic carbocycles. The van der Waals surface area contributed by atoms with Crippen molar-refractivity contribution in [2.45, 2.75) is 0 Å². The van der Waals surface area contributed by atoms with Crippen LogP contribution in [-0.4, -0.2) is 19.1 Å². The van der Waals surface area contributed by atoms with Gasteiger partial charge < -0.3 is 9.13 Å². The largest absolute Gasteiger partial charge is 0.309 e. The molecule has 0 atom stereocenters. The van der Waals surface area contributed by atoms with Gasteiger partial charge in [0.1, 0.15) is 0 Å². The molecule has 0 saturated carbocycles. The van der Waals surface area contributed by atoms with Gasteiger partial charge in [-0.05, 0) is 59.3 Å². The summed E-state index contributed by atoms with van der Waals surface area (Å²) in [6.07, 6.45) is 0. The van der Waals surface area contributed by atoms with Gasteiger partial charge in [0.15, 0.2) is 5.82 Å². The number of rotatable bonds is 5. The molecule has 0 aliphatic rings. The van der Waals surface area contributed by atoms with Gasteiger partial charge in [-0.3, -0.25) is 0 Å². The number of hydrogen-bond donors (Lipinski definition) is 0. The summed E-state index contributed by atoms with van der Waals surface area (Å²) in [5, 5.41) is 7.26. The van der Waals surface area contributed by atoms with Crippen LogP contribution in [0, 0.1) is 0 Å². The molecule has 3 aromatic heterocycles. The van der Waals surface area contributed by atoms with Gasteiger partial charge in [0.2, 0.25) is 0 Å². The second-order valence-corrected chi connectivity index (χ2v) is 13.8. The summed E-state index contributed by atoms with van der Waals surface area (Å²) in [6, 6.07) is 69.0. The van der Waals surface area contributed by atoms with E-state index < -0.39 is 0 Å². The summed E-state index contributed by atoms with van der Waals surface area (Å²) < 4.78 is 4.86. The molecular formula is C50H32N4. The summed E-state index contributed by atoms with van der Waals surface area (Å²) in [6.45, 7) is 0. The van der Waals surface area contributed by atoms with E-state index in [1.165, 1.54) is 38.0 Å². The Balaban J connectivity index is 1.20. The van der Waals surface area contributed by atoms with Crippen molar-refractivity contribution in [3.8, 4) is 45.3 Å². The van der Waals surface area contributed by atoms with Crippen molar-refractivity contribution in [2.24, 2.45) is 0 Å². The Morgan fingerprint density at radius 1 is 0.370 bits per heavy atom. The minimum atomic E-state index is 0.697. The van der Waals surface area contributed by atoms with Gasteiger partial charge in [-0.15, -0.1) is 0 Å². The van der Waals surface area contributed by atoms with Crippen LogP contribution in [0.4, 0.5) is 0 Å². The fourth-order valence-corrected chi connectivity index (χ4v) is 8.30. The van der Waals surface area contributed by atoms with Crippen molar-refractivity contribution in [1.29, 1.82) is 0 Å². The van der Waals surface area contributed by atoms with Gasteiger partial charge >= 0.3 is 0 Å². The molecule has 0 amide bonds. The highest BCUT2D eigenvalue weighted by atomic mass is 15.0. The second-order valence-electron chi connectivity index (χ2n) is 13.8. The highest BCUT2D eigenvalue weighted by Gasteiger charge is 2.22. The van der Waals surface area contributed by atoms with Crippen LogP contribution in [0.2, 0.25) is 0 Å². The number of nitrogens with zero attached hydrogens (tertiary/aromatic N) is 4. The minimum Gasteiger partial charge on any atom is -0.309 e. The Morgan fingerprint density at radius 3 is 1.85 bits per heavy atom. The summed E-state index contributed by atoms with van der Waals surface area (Å²) >= 11 is 0. The van der Waals surface area contributed by atoms with E-state index in [9.17, 15) is 0 Å². The summed E-state index contributed by atoms with van der Waals surface area (Å²) in [7, 11) is 0. The molecule has 54 heavy (non-hydrogen) atoms. The Kier molecular flexibility index (Phi) is 6.82. The number of para-hydroxylation sites is 4. The molecule has 252 valence electrons. The molecule has 4 heteroatoms. The van der Waals surface area contributed by atoms with E-state index in [0.717, 1.165) is 55.9 Å². The van der Waals surface area contributed by atoms with E-state index in [4.69, 9.17) is 9.97 Å². The van der Waals surface area contributed by atoms with E-state index in [1.54, 1.807) is 0 Å². The number of aromatic nitrogens is 4. The van der Waals surface area contributed by atoms with Crippen molar-refractivity contribution in [1.82, 2.24) is 19.1 Å². The molecule has 3 heterocycles. The molecule has 8 aromatic carbocycles. The fraction of sp³-hybridized carbons (Fsp3) is 0. The maximum absolute atomic E-state index is 5.34. The zero-order valence-electron chi connectivity index (χ0n) is 29.3. The van der Waals surface area contributed by atoms with Crippen LogP contribution >= 0.6 is 0 Å². The number of fused-ring (bicyclic) bond motifs is 8. The molecule has 11 rings (SSSR count). The Morgan fingerprint density at radius 2 is 1.02 bits per heavy atom. The Hall–Kier alpha value is -7.30. The van der Waals surface area contributed by atoms with Crippen molar-refractivity contribution < 1.29 is 0 Å². The van der Waals surface area contributed by atoms with Gasteiger partial charge in [0.25, 0.3) is 0 Å². The zero-order chi connectivity index (χ0) is 35.6. The van der Waals surface area contributed by atoms with Gasteiger partial charge in [-0.25, -0.2) is 9.97 Å². The maximum Gasteiger partial charge on any atom is 0.160 e. The predicted molar refractivity (Wildman–Crippen MR) is 225 cm³/mol. The molecule has 11 aromatic rings. The topological polar surface area (TPSA) is 35.6 Å². The number of hydrogen-bond acceptors (Lipinski definition) is 2. The lowest BCUT2D eigenvalue weighted by Gasteiger charge is -2.15. The monoisotopic (exact) mass is 688 g/mol. The quantitative estimate of drug-likeness (QED) is 0.180. The molecule has 0 fully saturated rings.